The summed E-state index contributed by atoms with van der Waals surface area (Å²) in [6.07, 6.45) is 7.37. The number of nitrogens with zero attached hydrogens (tertiary/aromatic N) is 3. The fourth-order valence-electron chi connectivity index (χ4n) is 2.03. The zero-order chi connectivity index (χ0) is 13.8. The molecule has 100 valence electrons. The second-order valence-electron chi connectivity index (χ2n) is 4.66. The number of hydrogen-bond donors (Lipinski definition) is 1. The molecule has 1 aromatic carbocycles. The zero-order valence-electron chi connectivity index (χ0n) is 11.3. The smallest absolute Gasteiger partial charge is 0.0645 e. The maximum atomic E-state index is 4.21. The van der Waals surface area contributed by atoms with Gasteiger partial charge in [0, 0.05) is 25.1 Å². The second kappa shape index (κ2) is 5.57. The molecule has 3 aromatic rings. The summed E-state index contributed by atoms with van der Waals surface area (Å²) in [7, 11) is 0. The van der Waals surface area contributed by atoms with Crippen molar-refractivity contribution in [2.75, 3.05) is 5.32 Å². The van der Waals surface area contributed by atoms with Crippen LogP contribution in [0.1, 0.15) is 11.1 Å². The molecule has 3 rings (SSSR count). The third kappa shape index (κ3) is 2.69. The number of nitrogens with one attached hydrogen (secondary N) is 1. The van der Waals surface area contributed by atoms with E-state index in [2.05, 4.69) is 46.6 Å². The Kier molecular flexibility index (Phi) is 3.46. The summed E-state index contributed by atoms with van der Waals surface area (Å²) >= 11 is 0. The maximum absolute atomic E-state index is 4.21. The first-order valence-corrected chi connectivity index (χ1v) is 6.56. The Morgan fingerprint density at radius 1 is 1.10 bits per heavy atom. The lowest BCUT2D eigenvalue weighted by atomic mass is 10.2. The molecule has 2 heterocycles. The van der Waals surface area contributed by atoms with E-state index >= 15 is 0 Å². The molecule has 1 N–H and O–H groups in total. The molecule has 4 heteroatoms. The van der Waals surface area contributed by atoms with Gasteiger partial charge >= 0.3 is 0 Å². The highest BCUT2D eigenvalue weighted by Gasteiger charge is 1.99. The van der Waals surface area contributed by atoms with Gasteiger partial charge in [0.25, 0.3) is 0 Å². The molecule has 4 nitrogen and oxygen atoms in total. The highest BCUT2D eigenvalue weighted by molar-refractivity contribution is 5.48. The molecule has 2 aromatic heterocycles. The number of aryl methyl sites for hydroxylation is 1. The van der Waals surface area contributed by atoms with Gasteiger partial charge in [-0.05, 0) is 42.3 Å². The van der Waals surface area contributed by atoms with Gasteiger partial charge in [0.2, 0.25) is 0 Å². The van der Waals surface area contributed by atoms with Crippen LogP contribution in [0.15, 0.2) is 61.2 Å². The van der Waals surface area contributed by atoms with E-state index < -0.39 is 0 Å². The molecular formula is C16H16N4. The van der Waals surface area contributed by atoms with Gasteiger partial charge in [-0.15, -0.1) is 0 Å². The molecule has 0 saturated heterocycles. The lowest BCUT2D eigenvalue weighted by molar-refractivity contribution is 0.879. The van der Waals surface area contributed by atoms with E-state index in [9.17, 15) is 0 Å². The third-order valence-electron chi connectivity index (χ3n) is 3.23. The highest BCUT2D eigenvalue weighted by atomic mass is 15.3. The highest BCUT2D eigenvalue weighted by Crippen LogP contribution is 2.14. The molecule has 0 unspecified atom stereocenters. The minimum Gasteiger partial charge on any atom is -0.380 e. The average molecular weight is 264 g/mol. The average Bonchev–Trinajstić information content (AvgIpc) is 3.01. The van der Waals surface area contributed by atoms with Crippen molar-refractivity contribution in [3.63, 3.8) is 0 Å². The molecule has 0 atom stereocenters. The minimum absolute atomic E-state index is 0.784. The van der Waals surface area contributed by atoms with E-state index in [1.165, 1.54) is 11.1 Å². The maximum Gasteiger partial charge on any atom is 0.0645 e. The zero-order valence-corrected chi connectivity index (χ0v) is 11.3. The van der Waals surface area contributed by atoms with Crippen molar-refractivity contribution in [1.82, 2.24) is 14.8 Å². The predicted octanol–water partition coefficient (Wildman–Crippen LogP) is 3.19. The van der Waals surface area contributed by atoms with Crippen LogP contribution in [0.5, 0.6) is 0 Å². The Hall–Kier alpha value is -2.62. The molecule has 0 fully saturated rings. The largest absolute Gasteiger partial charge is 0.380 e. The molecule has 0 aliphatic carbocycles. The predicted molar refractivity (Wildman–Crippen MR) is 79.9 cm³/mol. The van der Waals surface area contributed by atoms with Gasteiger partial charge in [-0.3, -0.25) is 4.98 Å². The van der Waals surface area contributed by atoms with Crippen LogP contribution in [0.25, 0.3) is 5.69 Å². The minimum atomic E-state index is 0.784. The molecule has 0 amide bonds. The molecule has 0 aliphatic heterocycles. The Morgan fingerprint density at radius 2 is 1.95 bits per heavy atom. The number of rotatable bonds is 4. The monoisotopic (exact) mass is 264 g/mol. The van der Waals surface area contributed by atoms with Crippen molar-refractivity contribution in [3.8, 4) is 5.69 Å². The van der Waals surface area contributed by atoms with Crippen LogP contribution in [-0.2, 0) is 6.54 Å². The fraction of sp³-hybridized carbons (Fsp3) is 0.125. The summed E-state index contributed by atoms with van der Waals surface area (Å²) in [5, 5.41) is 7.61. The molecule has 0 aliphatic rings. The van der Waals surface area contributed by atoms with Crippen LogP contribution < -0.4 is 5.32 Å². The van der Waals surface area contributed by atoms with Crippen molar-refractivity contribution >= 4 is 5.69 Å². The van der Waals surface area contributed by atoms with Crippen LogP contribution >= 0.6 is 0 Å². The van der Waals surface area contributed by atoms with Gasteiger partial charge < -0.3 is 5.32 Å². The van der Waals surface area contributed by atoms with Crippen LogP contribution in [0.4, 0.5) is 5.69 Å². The molecule has 0 saturated carbocycles. The van der Waals surface area contributed by atoms with E-state index in [1.807, 2.05) is 29.2 Å². The van der Waals surface area contributed by atoms with Gasteiger partial charge in [-0.2, -0.15) is 5.10 Å². The van der Waals surface area contributed by atoms with Crippen LogP contribution in [0, 0.1) is 6.92 Å². The number of aromatic nitrogens is 3. The van der Waals surface area contributed by atoms with Crippen LogP contribution in [0.3, 0.4) is 0 Å². The molecule has 0 spiro atoms. The summed E-state index contributed by atoms with van der Waals surface area (Å²) in [5.41, 5.74) is 4.57. The van der Waals surface area contributed by atoms with Crippen LogP contribution in [0.2, 0.25) is 0 Å². The van der Waals surface area contributed by atoms with Crippen molar-refractivity contribution in [3.05, 3.63) is 72.3 Å². The first-order valence-electron chi connectivity index (χ1n) is 6.56. The molecular weight excluding hydrogens is 248 g/mol. The van der Waals surface area contributed by atoms with Crippen molar-refractivity contribution in [2.24, 2.45) is 0 Å². The van der Waals surface area contributed by atoms with Crippen molar-refractivity contribution < 1.29 is 0 Å². The summed E-state index contributed by atoms with van der Waals surface area (Å²) in [4.78, 5) is 4.13. The Morgan fingerprint density at radius 3 is 2.65 bits per heavy atom. The third-order valence-corrected chi connectivity index (χ3v) is 3.23. The summed E-state index contributed by atoms with van der Waals surface area (Å²) in [6.45, 7) is 2.86. The van der Waals surface area contributed by atoms with Gasteiger partial charge in [0.1, 0.15) is 0 Å². The van der Waals surface area contributed by atoms with E-state index in [0.717, 1.165) is 17.9 Å². The van der Waals surface area contributed by atoms with E-state index in [-0.39, 0.29) is 0 Å². The number of benzene rings is 1. The lowest BCUT2D eigenvalue weighted by Gasteiger charge is -2.09. The first kappa shape index (κ1) is 12.4. The van der Waals surface area contributed by atoms with E-state index in [0.29, 0.717) is 0 Å². The number of pyridine rings is 1. The van der Waals surface area contributed by atoms with Gasteiger partial charge in [0.15, 0.2) is 0 Å². The SMILES string of the molecule is Cc1ccncc1NCc1ccc(-n2cccn2)cc1. The second-order valence-corrected chi connectivity index (χ2v) is 4.66. The molecule has 0 radical (unpaired) electrons. The quantitative estimate of drug-likeness (QED) is 0.787. The first-order chi connectivity index (χ1) is 9.83. The summed E-state index contributed by atoms with van der Waals surface area (Å²) in [6, 6.07) is 12.3. The molecule has 0 bridgehead atoms. The number of anilines is 1. The lowest BCUT2D eigenvalue weighted by Crippen LogP contribution is -2.02. The van der Waals surface area contributed by atoms with Gasteiger partial charge in [-0.25, -0.2) is 4.68 Å². The summed E-state index contributed by atoms with van der Waals surface area (Å²) < 4.78 is 1.85. The Bertz CT molecular complexity index is 672. The van der Waals surface area contributed by atoms with Gasteiger partial charge in [-0.1, -0.05) is 12.1 Å². The van der Waals surface area contributed by atoms with E-state index in [1.54, 1.807) is 12.4 Å². The van der Waals surface area contributed by atoms with Crippen molar-refractivity contribution in [1.29, 1.82) is 0 Å². The summed E-state index contributed by atoms with van der Waals surface area (Å²) in [5.74, 6) is 0. The Labute approximate surface area is 118 Å². The molecule has 20 heavy (non-hydrogen) atoms. The van der Waals surface area contributed by atoms with E-state index in [4.69, 9.17) is 0 Å². The van der Waals surface area contributed by atoms with Crippen LogP contribution in [-0.4, -0.2) is 14.8 Å². The fourth-order valence-corrected chi connectivity index (χ4v) is 2.03. The number of hydrogen-bond acceptors (Lipinski definition) is 3. The Balaban J connectivity index is 1.68. The standard InChI is InChI=1S/C16H16N4/c1-13-7-9-17-12-16(13)18-11-14-3-5-15(6-4-14)20-10-2-8-19-20/h2-10,12,18H,11H2,1H3. The normalized spacial score (nSPS) is 10.4. The topological polar surface area (TPSA) is 42.7 Å². The van der Waals surface area contributed by atoms with Crippen molar-refractivity contribution in [2.45, 2.75) is 13.5 Å². The van der Waals surface area contributed by atoms with Gasteiger partial charge in [0.05, 0.1) is 17.6 Å².